The third-order valence-corrected chi connectivity index (χ3v) is 4.48. The van der Waals surface area contributed by atoms with Gasteiger partial charge >= 0.3 is 0 Å². The van der Waals surface area contributed by atoms with Gasteiger partial charge < -0.3 is 19.9 Å². The Labute approximate surface area is 157 Å². The number of nitrogens with one attached hydrogen (secondary N) is 2. The molecule has 1 atom stereocenters. The van der Waals surface area contributed by atoms with E-state index in [1.165, 1.54) is 4.90 Å². The molecule has 0 aliphatic carbocycles. The number of aryl methyl sites for hydroxylation is 1. The van der Waals surface area contributed by atoms with E-state index in [-0.39, 0.29) is 30.8 Å². The number of ether oxygens (including phenoxy) is 1. The fourth-order valence-corrected chi connectivity index (χ4v) is 2.93. The Morgan fingerprint density at radius 1 is 1.41 bits per heavy atom. The van der Waals surface area contributed by atoms with Gasteiger partial charge in [0.25, 0.3) is 5.91 Å². The van der Waals surface area contributed by atoms with E-state index in [9.17, 15) is 9.59 Å². The highest BCUT2D eigenvalue weighted by Crippen LogP contribution is 2.34. The van der Waals surface area contributed by atoms with Gasteiger partial charge in [-0.15, -0.1) is 0 Å². The van der Waals surface area contributed by atoms with Crippen LogP contribution in [0.15, 0.2) is 18.2 Å². The van der Waals surface area contributed by atoms with Crippen molar-refractivity contribution in [1.82, 2.24) is 25.4 Å². The lowest BCUT2D eigenvalue weighted by Crippen LogP contribution is -2.43. The second-order valence-electron chi connectivity index (χ2n) is 6.78. The van der Waals surface area contributed by atoms with Gasteiger partial charge in [0, 0.05) is 26.7 Å². The van der Waals surface area contributed by atoms with Crippen molar-refractivity contribution in [3.05, 3.63) is 35.4 Å². The monoisotopic (exact) mass is 372 g/mol. The van der Waals surface area contributed by atoms with Crippen LogP contribution in [0.5, 0.6) is 5.75 Å². The van der Waals surface area contributed by atoms with Crippen molar-refractivity contribution in [3.8, 4) is 5.75 Å². The summed E-state index contributed by atoms with van der Waals surface area (Å²) in [6.07, 6.45) is 0.269. The van der Waals surface area contributed by atoms with Gasteiger partial charge in [0.05, 0.1) is 24.7 Å². The van der Waals surface area contributed by atoms with Gasteiger partial charge in [-0.2, -0.15) is 5.10 Å². The zero-order chi connectivity index (χ0) is 19.6. The molecule has 0 saturated carbocycles. The summed E-state index contributed by atoms with van der Waals surface area (Å²) < 4.78 is 5.79. The van der Waals surface area contributed by atoms with Crippen LogP contribution >= 0.6 is 0 Å². The minimum absolute atomic E-state index is 0.0761. The first-order valence-electron chi connectivity index (χ1n) is 8.71. The fourth-order valence-electron chi connectivity index (χ4n) is 2.93. The predicted octanol–water partition coefficient (Wildman–Crippen LogP) is 0.719. The zero-order valence-electron chi connectivity index (χ0n) is 15.9. The van der Waals surface area contributed by atoms with Crippen LogP contribution in [0, 0.1) is 6.92 Å². The first kappa shape index (κ1) is 18.7. The van der Waals surface area contributed by atoms with Crippen molar-refractivity contribution >= 4 is 17.5 Å². The number of carbonyl (C=O) groups is 2. The second kappa shape index (κ2) is 7.65. The number of carbonyl (C=O) groups excluding carboxylic acids is 2. The van der Waals surface area contributed by atoms with Crippen LogP contribution < -0.4 is 15.0 Å². The molecule has 9 heteroatoms. The Kier molecular flexibility index (Phi) is 5.29. The maximum Gasteiger partial charge on any atom is 0.253 e. The van der Waals surface area contributed by atoms with Crippen molar-refractivity contribution in [1.29, 1.82) is 0 Å². The van der Waals surface area contributed by atoms with Gasteiger partial charge in [0.1, 0.15) is 18.2 Å². The Bertz CT molecular complexity index is 847. The molecule has 0 radical (unpaired) electrons. The number of fused-ring (bicyclic) bond motifs is 1. The summed E-state index contributed by atoms with van der Waals surface area (Å²) in [6.45, 7) is 2.48. The smallest absolute Gasteiger partial charge is 0.253 e. The highest BCUT2D eigenvalue weighted by atomic mass is 16.5. The van der Waals surface area contributed by atoms with E-state index in [1.54, 1.807) is 39.2 Å². The van der Waals surface area contributed by atoms with Crippen molar-refractivity contribution in [2.24, 2.45) is 0 Å². The molecule has 0 unspecified atom stereocenters. The first-order valence-corrected chi connectivity index (χ1v) is 8.71. The molecule has 2 heterocycles. The molecule has 1 aromatic heterocycles. The molecule has 0 spiro atoms. The summed E-state index contributed by atoms with van der Waals surface area (Å²) >= 11 is 0. The summed E-state index contributed by atoms with van der Waals surface area (Å²) in [5, 5.41) is 9.56. The Balaban J connectivity index is 1.64. The van der Waals surface area contributed by atoms with Crippen LogP contribution in [0.4, 0.5) is 5.69 Å². The molecule has 2 aromatic rings. The predicted molar refractivity (Wildman–Crippen MR) is 99.7 cm³/mol. The molecule has 0 bridgehead atoms. The summed E-state index contributed by atoms with van der Waals surface area (Å²) in [7, 11) is 5.33. The molecule has 9 nitrogen and oxygen atoms in total. The van der Waals surface area contributed by atoms with Gasteiger partial charge in [-0.25, -0.2) is 4.98 Å². The highest BCUT2D eigenvalue weighted by molar-refractivity contribution is 5.95. The third kappa shape index (κ3) is 4.18. The molecule has 0 saturated heterocycles. The maximum absolute atomic E-state index is 12.3. The third-order valence-electron chi connectivity index (χ3n) is 4.48. The average Bonchev–Trinajstić information content (AvgIpc) is 3.07. The molecule has 3 rings (SSSR count). The lowest BCUT2D eigenvalue weighted by Gasteiger charge is -2.35. The SMILES string of the molecule is Cc1nc(CNC(=O)C[C@H]2COc3ccc(C(=O)N(C)C)cc3N2C)n[nH]1. The number of likely N-dealkylation sites (N-methyl/N-ethyl adjacent to an activating group) is 1. The van der Waals surface area contributed by atoms with Crippen LogP contribution in [0.3, 0.4) is 0 Å². The molecule has 144 valence electrons. The average molecular weight is 372 g/mol. The summed E-state index contributed by atoms with van der Waals surface area (Å²) in [6, 6.07) is 5.22. The molecule has 1 aromatic carbocycles. The Hall–Kier alpha value is -3.10. The van der Waals surface area contributed by atoms with E-state index in [4.69, 9.17) is 4.74 Å². The molecule has 1 aliphatic heterocycles. The van der Waals surface area contributed by atoms with Crippen LogP contribution in [0.1, 0.15) is 28.4 Å². The molecular formula is C18H24N6O3. The highest BCUT2D eigenvalue weighted by Gasteiger charge is 2.27. The number of benzene rings is 1. The van der Waals surface area contributed by atoms with E-state index in [2.05, 4.69) is 20.5 Å². The molecule has 27 heavy (non-hydrogen) atoms. The Morgan fingerprint density at radius 3 is 2.85 bits per heavy atom. The van der Waals surface area contributed by atoms with Gasteiger partial charge in [-0.3, -0.25) is 14.7 Å². The second-order valence-corrected chi connectivity index (χ2v) is 6.78. The topological polar surface area (TPSA) is 103 Å². The number of aromatic amines is 1. The van der Waals surface area contributed by atoms with Crippen LogP contribution in [-0.2, 0) is 11.3 Å². The number of nitrogens with zero attached hydrogens (tertiary/aromatic N) is 4. The number of aromatic nitrogens is 3. The standard InChI is InChI=1S/C18H24N6O3/c1-11-20-16(22-21-11)9-19-17(25)8-13-10-27-15-6-5-12(18(26)23(2)3)7-14(15)24(13)4/h5-7,13H,8-10H2,1-4H3,(H,19,25)(H,20,21,22)/t13-/m0/s1. The van der Waals surface area contributed by atoms with Crippen LogP contribution in [0.25, 0.3) is 0 Å². The van der Waals surface area contributed by atoms with Crippen molar-refractivity contribution in [2.45, 2.75) is 25.9 Å². The summed E-state index contributed by atoms with van der Waals surface area (Å²) in [5.41, 5.74) is 1.38. The number of rotatable bonds is 5. The van der Waals surface area contributed by atoms with Gasteiger partial charge in [0.15, 0.2) is 5.82 Å². The van der Waals surface area contributed by atoms with E-state index >= 15 is 0 Å². The summed E-state index contributed by atoms with van der Waals surface area (Å²) in [4.78, 5) is 32.2. The van der Waals surface area contributed by atoms with Crippen LogP contribution in [-0.4, -0.2) is 65.7 Å². The van der Waals surface area contributed by atoms with Gasteiger partial charge in [-0.05, 0) is 25.1 Å². The molecule has 1 aliphatic rings. The van der Waals surface area contributed by atoms with E-state index < -0.39 is 0 Å². The largest absolute Gasteiger partial charge is 0.489 e. The van der Waals surface area contributed by atoms with Crippen LogP contribution in [0.2, 0.25) is 0 Å². The van der Waals surface area contributed by atoms with Crippen molar-refractivity contribution in [2.75, 3.05) is 32.6 Å². The van der Waals surface area contributed by atoms with E-state index in [0.717, 1.165) is 5.69 Å². The van der Waals surface area contributed by atoms with E-state index in [1.807, 2.05) is 11.9 Å². The first-order chi connectivity index (χ1) is 12.8. The minimum atomic E-state index is -0.129. The minimum Gasteiger partial charge on any atom is -0.489 e. The van der Waals surface area contributed by atoms with Crippen molar-refractivity contribution < 1.29 is 14.3 Å². The van der Waals surface area contributed by atoms with Crippen molar-refractivity contribution in [3.63, 3.8) is 0 Å². The number of hydrogen-bond donors (Lipinski definition) is 2. The number of anilines is 1. The summed E-state index contributed by atoms with van der Waals surface area (Å²) in [5.74, 6) is 1.78. The molecule has 2 N–H and O–H groups in total. The van der Waals surface area contributed by atoms with E-state index in [0.29, 0.717) is 29.6 Å². The maximum atomic E-state index is 12.3. The number of hydrogen-bond acceptors (Lipinski definition) is 6. The van der Waals surface area contributed by atoms with Gasteiger partial charge in [0.2, 0.25) is 5.91 Å². The zero-order valence-corrected chi connectivity index (χ0v) is 15.9. The quantitative estimate of drug-likeness (QED) is 0.802. The normalized spacial score (nSPS) is 15.7. The number of amides is 2. The molecule has 0 fully saturated rings. The molecular weight excluding hydrogens is 348 g/mol. The Morgan fingerprint density at radius 2 is 2.19 bits per heavy atom. The van der Waals surface area contributed by atoms with Gasteiger partial charge in [-0.1, -0.05) is 0 Å². The lowest BCUT2D eigenvalue weighted by molar-refractivity contribution is -0.121. The molecule has 2 amide bonds. The number of H-pyrrole nitrogens is 1. The lowest BCUT2D eigenvalue weighted by atomic mass is 10.1. The fraction of sp³-hybridized carbons (Fsp3) is 0.444.